The zero-order valence-corrected chi connectivity index (χ0v) is 9.60. The minimum absolute atomic E-state index is 0.771. The predicted octanol–water partition coefficient (Wildman–Crippen LogP) is 4.56. The van der Waals surface area contributed by atoms with Crippen LogP contribution in [0.4, 0.5) is 0 Å². The second-order valence-corrected chi connectivity index (χ2v) is 5.54. The van der Waals surface area contributed by atoms with Gasteiger partial charge in [-0.3, -0.25) is 0 Å². The summed E-state index contributed by atoms with van der Waals surface area (Å²) in [7, 11) is 0. The molecule has 3 fully saturated rings. The number of hydrogen-bond donors (Lipinski definition) is 0. The number of allylic oxidation sites excluding steroid dienone is 1. The van der Waals surface area contributed by atoms with Gasteiger partial charge in [0.2, 0.25) is 0 Å². The van der Waals surface area contributed by atoms with Gasteiger partial charge in [-0.15, -0.1) is 6.58 Å². The van der Waals surface area contributed by atoms with Gasteiger partial charge in [-0.2, -0.15) is 0 Å². The molecule has 14 heavy (non-hydrogen) atoms. The Bertz CT molecular complexity index is 193. The van der Waals surface area contributed by atoms with Crippen LogP contribution in [0.15, 0.2) is 12.7 Å². The molecule has 0 N–H and O–H groups in total. The minimum atomic E-state index is 0.771. The molecule has 3 aliphatic rings. The summed E-state index contributed by atoms with van der Waals surface area (Å²) in [6.45, 7) is 6.25. The summed E-state index contributed by atoms with van der Waals surface area (Å²) < 4.78 is 0. The lowest BCUT2D eigenvalue weighted by Crippen LogP contribution is -2.46. The van der Waals surface area contributed by atoms with Crippen LogP contribution in [0.5, 0.6) is 0 Å². The highest BCUT2D eigenvalue weighted by Gasteiger charge is 2.50. The van der Waals surface area contributed by atoms with Crippen molar-refractivity contribution in [1.82, 2.24) is 0 Å². The molecule has 3 aliphatic carbocycles. The van der Waals surface area contributed by atoms with E-state index in [0.717, 1.165) is 17.3 Å². The van der Waals surface area contributed by atoms with Crippen molar-refractivity contribution in [1.29, 1.82) is 0 Å². The van der Waals surface area contributed by atoms with Gasteiger partial charge in [0, 0.05) is 0 Å². The van der Waals surface area contributed by atoms with E-state index in [1.54, 1.807) is 12.8 Å². The topological polar surface area (TPSA) is 0 Å². The third kappa shape index (κ3) is 1.64. The van der Waals surface area contributed by atoms with Crippen molar-refractivity contribution in [2.24, 2.45) is 17.3 Å². The Hall–Kier alpha value is -0.260. The van der Waals surface area contributed by atoms with Crippen LogP contribution in [-0.4, -0.2) is 0 Å². The normalized spacial score (nSPS) is 37.4. The van der Waals surface area contributed by atoms with Crippen molar-refractivity contribution < 1.29 is 0 Å². The minimum Gasteiger partial charge on any atom is -0.103 e. The average Bonchev–Trinajstić information content (AvgIpc) is 2.17. The summed E-state index contributed by atoms with van der Waals surface area (Å²) in [5.74, 6) is 2.06. The number of hydrogen-bond acceptors (Lipinski definition) is 0. The van der Waals surface area contributed by atoms with E-state index >= 15 is 0 Å². The van der Waals surface area contributed by atoms with Gasteiger partial charge in [-0.25, -0.2) is 0 Å². The first-order valence-electron chi connectivity index (χ1n) is 6.41. The highest BCUT2D eigenvalue weighted by Crippen LogP contribution is 2.61. The molecule has 1 atom stereocenters. The summed E-state index contributed by atoms with van der Waals surface area (Å²) in [4.78, 5) is 0. The van der Waals surface area contributed by atoms with Crippen molar-refractivity contribution in [2.45, 2.75) is 58.3 Å². The van der Waals surface area contributed by atoms with Crippen LogP contribution >= 0.6 is 0 Å². The molecule has 80 valence electrons. The molecule has 3 rings (SSSR count). The van der Waals surface area contributed by atoms with Crippen LogP contribution in [0.25, 0.3) is 0 Å². The lowest BCUT2D eigenvalue weighted by atomic mass is 9.48. The molecule has 0 aromatic carbocycles. The summed E-state index contributed by atoms with van der Waals surface area (Å²) in [6, 6.07) is 0. The van der Waals surface area contributed by atoms with E-state index in [2.05, 4.69) is 19.6 Å². The van der Waals surface area contributed by atoms with E-state index in [1.165, 1.54) is 38.5 Å². The molecule has 3 saturated carbocycles. The van der Waals surface area contributed by atoms with Gasteiger partial charge in [-0.05, 0) is 49.4 Å². The molecule has 0 nitrogen and oxygen atoms in total. The SMILES string of the molecule is C=CCC(CCC)C12CCCC(C1)C2. The Balaban J connectivity index is 1.98. The van der Waals surface area contributed by atoms with E-state index < -0.39 is 0 Å². The van der Waals surface area contributed by atoms with Crippen LogP contribution in [0.3, 0.4) is 0 Å². The molecule has 0 heteroatoms. The maximum Gasteiger partial charge on any atom is -0.0261 e. The Kier molecular flexibility index (Phi) is 2.99. The van der Waals surface area contributed by atoms with Crippen molar-refractivity contribution in [2.75, 3.05) is 0 Å². The molecule has 0 aliphatic heterocycles. The first-order valence-corrected chi connectivity index (χ1v) is 6.41. The predicted molar refractivity (Wildman–Crippen MR) is 62.2 cm³/mol. The van der Waals surface area contributed by atoms with E-state index in [9.17, 15) is 0 Å². The van der Waals surface area contributed by atoms with E-state index in [4.69, 9.17) is 0 Å². The summed E-state index contributed by atoms with van der Waals surface area (Å²) >= 11 is 0. The third-order valence-electron chi connectivity index (χ3n) is 4.63. The first-order chi connectivity index (χ1) is 6.80. The molecule has 2 bridgehead atoms. The van der Waals surface area contributed by atoms with Crippen molar-refractivity contribution in [3.8, 4) is 0 Å². The molecular weight excluding hydrogens is 168 g/mol. The standard InChI is InChI=1S/C14H24/c1-3-6-13(7-4-2)14-9-5-8-12(10-14)11-14/h3,12-13H,1,4-11H2,2H3. The van der Waals surface area contributed by atoms with Gasteiger partial charge in [0.05, 0.1) is 0 Å². The number of fused-ring (bicyclic) bond motifs is 2. The van der Waals surface area contributed by atoms with Crippen molar-refractivity contribution in [3.63, 3.8) is 0 Å². The first kappa shape index (κ1) is 10.3. The maximum atomic E-state index is 3.93. The molecule has 1 unspecified atom stereocenters. The Labute approximate surface area is 88.8 Å². The van der Waals surface area contributed by atoms with Crippen LogP contribution in [0, 0.1) is 17.3 Å². The highest BCUT2D eigenvalue weighted by molar-refractivity contribution is 5.02. The quantitative estimate of drug-likeness (QED) is 0.560. The monoisotopic (exact) mass is 192 g/mol. The van der Waals surface area contributed by atoms with E-state index in [0.29, 0.717) is 0 Å². The molecule has 0 amide bonds. The molecule has 0 aromatic heterocycles. The Morgan fingerprint density at radius 1 is 1.50 bits per heavy atom. The van der Waals surface area contributed by atoms with E-state index in [-0.39, 0.29) is 0 Å². The zero-order valence-electron chi connectivity index (χ0n) is 9.60. The lowest BCUT2D eigenvalue weighted by Gasteiger charge is -2.57. The molecule has 0 radical (unpaired) electrons. The zero-order chi connectivity index (χ0) is 10.0. The fourth-order valence-corrected chi connectivity index (χ4v) is 4.00. The number of rotatable bonds is 5. The van der Waals surface area contributed by atoms with E-state index in [1.807, 2.05) is 0 Å². The average molecular weight is 192 g/mol. The summed E-state index contributed by atoms with van der Waals surface area (Å²) in [5, 5.41) is 0. The Morgan fingerprint density at radius 3 is 2.79 bits per heavy atom. The lowest BCUT2D eigenvalue weighted by molar-refractivity contribution is -0.0592. The maximum absolute atomic E-state index is 3.93. The second-order valence-electron chi connectivity index (χ2n) is 5.54. The van der Waals surface area contributed by atoms with Gasteiger partial charge >= 0.3 is 0 Å². The summed E-state index contributed by atoms with van der Waals surface area (Å²) in [6.07, 6.45) is 13.8. The highest BCUT2D eigenvalue weighted by atomic mass is 14.5. The second kappa shape index (κ2) is 4.08. The van der Waals surface area contributed by atoms with Crippen LogP contribution in [0.1, 0.15) is 58.3 Å². The molecule has 0 spiro atoms. The van der Waals surface area contributed by atoms with Gasteiger partial charge < -0.3 is 0 Å². The Morgan fingerprint density at radius 2 is 2.29 bits per heavy atom. The van der Waals surface area contributed by atoms with Crippen LogP contribution in [0.2, 0.25) is 0 Å². The van der Waals surface area contributed by atoms with Gasteiger partial charge in [-0.1, -0.05) is 32.3 Å². The smallest absolute Gasteiger partial charge is 0.0261 e. The third-order valence-corrected chi connectivity index (χ3v) is 4.63. The van der Waals surface area contributed by atoms with Crippen LogP contribution < -0.4 is 0 Å². The fraction of sp³-hybridized carbons (Fsp3) is 0.857. The van der Waals surface area contributed by atoms with Gasteiger partial charge in [0.1, 0.15) is 0 Å². The molecular formula is C14H24. The van der Waals surface area contributed by atoms with Gasteiger partial charge in [0.15, 0.2) is 0 Å². The molecule has 0 saturated heterocycles. The van der Waals surface area contributed by atoms with Crippen molar-refractivity contribution >= 4 is 0 Å². The van der Waals surface area contributed by atoms with Crippen LogP contribution in [-0.2, 0) is 0 Å². The molecule has 0 aromatic rings. The summed E-state index contributed by atoms with van der Waals surface area (Å²) in [5.41, 5.74) is 0.771. The molecule has 0 heterocycles. The fourth-order valence-electron chi connectivity index (χ4n) is 4.00. The van der Waals surface area contributed by atoms with Gasteiger partial charge in [0.25, 0.3) is 0 Å². The largest absolute Gasteiger partial charge is 0.103 e. The van der Waals surface area contributed by atoms with Crippen molar-refractivity contribution in [3.05, 3.63) is 12.7 Å².